The zero-order valence-corrected chi connectivity index (χ0v) is 10.2. The smallest absolute Gasteiger partial charge is 0.405 e. The number of hydrogen-bond donors (Lipinski definition) is 0. The average Bonchev–Trinajstić information content (AvgIpc) is 2.37. The van der Waals surface area contributed by atoms with Crippen LogP contribution in [0.5, 0.6) is 5.75 Å². The van der Waals surface area contributed by atoms with Gasteiger partial charge in [0.25, 0.3) is 0 Å². The van der Waals surface area contributed by atoms with Gasteiger partial charge in [-0.3, -0.25) is 4.98 Å². The summed E-state index contributed by atoms with van der Waals surface area (Å²) in [5.41, 5.74) is -1.09. The second-order valence-electron chi connectivity index (χ2n) is 3.97. The number of nitrogens with zero attached hydrogens (tertiary/aromatic N) is 1. The summed E-state index contributed by atoms with van der Waals surface area (Å²) in [6, 6.07) is 6.81. The van der Waals surface area contributed by atoms with Gasteiger partial charge in [-0.05, 0) is 24.3 Å². The van der Waals surface area contributed by atoms with Crippen LogP contribution in [0.2, 0.25) is 0 Å². The molecule has 1 aromatic heterocycles. The van der Waals surface area contributed by atoms with Crippen LogP contribution in [0.25, 0.3) is 11.3 Å². The van der Waals surface area contributed by atoms with E-state index in [-0.39, 0.29) is 11.3 Å². The molecule has 0 fully saturated rings. The van der Waals surface area contributed by atoms with Crippen LogP contribution in [-0.4, -0.2) is 11.3 Å². The summed E-state index contributed by atoms with van der Waals surface area (Å²) < 4.78 is 77.9. The van der Waals surface area contributed by atoms with Crippen molar-refractivity contribution in [1.29, 1.82) is 0 Å². The van der Waals surface area contributed by atoms with Crippen molar-refractivity contribution >= 4 is 0 Å². The molecule has 2 rings (SSSR count). The topological polar surface area (TPSA) is 22.1 Å². The highest BCUT2D eigenvalue weighted by atomic mass is 19.4. The Morgan fingerprint density at radius 1 is 0.857 bits per heavy atom. The quantitative estimate of drug-likeness (QED) is 0.752. The maximum atomic E-state index is 12.4. The standard InChI is InChI=1S/C13H7F6NO/c14-12(15,16)8-5-6-10(20-7-8)9-3-1-2-4-11(9)21-13(17,18)19/h1-7H. The molecule has 0 unspecified atom stereocenters. The lowest BCUT2D eigenvalue weighted by molar-refractivity contribution is -0.274. The number of aromatic nitrogens is 1. The Balaban J connectivity index is 2.38. The van der Waals surface area contributed by atoms with Crippen LogP contribution in [0.3, 0.4) is 0 Å². The van der Waals surface area contributed by atoms with Gasteiger partial charge >= 0.3 is 12.5 Å². The van der Waals surface area contributed by atoms with Crippen LogP contribution in [0.4, 0.5) is 26.3 Å². The predicted molar refractivity (Wildman–Crippen MR) is 61.4 cm³/mol. The molecular weight excluding hydrogens is 300 g/mol. The lowest BCUT2D eigenvalue weighted by Crippen LogP contribution is -2.17. The van der Waals surface area contributed by atoms with E-state index in [1.165, 1.54) is 18.2 Å². The lowest BCUT2D eigenvalue weighted by Gasteiger charge is -2.13. The fourth-order valence-electron chi connectivity index (χ4n) is 1.61. The fourth-order valence-corrected chi connectivity index (χ4v) is 1.61. The van der Waals surface area contributed by atoms with Gasteiger partial charge in [0.2, 0.25) is 0 Å². The summed E-state index contributed by atoms with van der Waals surface area (Å²) in [6.45, 7) is 0. The molecule has 0 spiro atoms. The highest BCUT2D eigenvalue weighted by Crippen LogP contribution is 2.34. The van der Waals surface area contributed by atoms with Crippen molar-refractivity contribution in [3.63, 3.8) is 0 Å². The molecule has 0 bridgehead atoms. The summed E-state index contributed by atoms with van der Waals surface area (Å²) >= 11 is 0. The summed E-state index contributed by atoms with van der Waals surface area (Å²) in [5, 5.41) is 0. The molecule has 112 valence electrons. The van der Waals surface area contributed by atoms with Crippen LogP contribution in [0, 0.1) is 0 Å². The Morgan fingerprint density at radius 3 is 2.05 bits per heavy atom. The van der Waals surface area contributed by atoms with Crippen molar-refractivity contribution in [2.75, 3.05) is 0 Å². The van der Waals surface area contributed by atoms with E-state index in [4.69, 9.17) is 0 Å². The monoisotopic (exact) mass is 307 g/mol. The maximum absolute atomic E-state index is 12.4. The molecule has 0 aliphatic heterocycles. The Hall–Kier alpha value is -2.25. The van der Waals surface area contributed by atoms with Crippen molar-refractivity contribution in [3.8, 4) is 17.0 Å². The van der Waals surface area contributed by atoms with Crippen LogP contribution in [0.15, 0.2) is 42.6 Å². The van der Waals surface area contributed by atoms with Gasteiger partial charge in [-0.15, -0.1) is 13.2 Å². The van der Waals surface area contributed by atoms with E-state index in [0.717, 1.165) is 18.2 Å². The molecule has 2 aromatic rings. The van der Waals surface area contributed by atoms with Crippen LogP contribution in [0.1, 0.15) is 5.56 Å². The van der Waals surface area contributed by atoms with Gasteiger partial charge in [-0.2, -0.15) is 13.2 Å². The lowest BCUT2D eigenvalue weighted by atomic mass is 10.1. The van der Waals surface area contributed by atoms with E-state index >= 15 is 0 Å². The second kappa shape index (κ2) is 5.27. The Bertz CT molecular complexity index is 618. The third-order valence-corrected chi connectivity index (χ3v) is 2.48. The minimum atomic E-state index is -4.90. The second-order valence-corrected chi connectivity index (χ2v) is 3.97. The molecular formula is C13H7F6NO. The number of pyridine rings is 1. The normalized spacial score (nSPS) is 12.3. The number of benzene rings is 1. The summed E-state index contributed by atoms with van der Waals surface area (Å²) in [6.07, 6.45) is -8.91. The van der Waals surface area contributed by atoms with E-state index in [0.29, 0.717) is 6.20 Å². The van der Waals surface area contributed by atoms with Crippen molar-refractivity contribution in [2.24, 2.45) is 0 Å². The van der Waals surface area contributed by atoms with Gasteiger partial charge in [0.1, 0.15) is 5.75 Å². The number of alkyl halides is 6. The minimum absolute atomic E-state index is 0.0523. The first-order valence-electron chi connectivity index (χ1n) is 5.55. The van der Waals surface area contributed by atoms with Gasteiger partial charge in [-0.1, -0.05) is 12.1 Å². The van der Waals surface area contributed by atoms with Gasteiger partial charge in [0, 0.05) is 11.8 Å². The first kappa shape index (κ1) is 15.1. The van der Waals surface area contributed by atoms with Crippen molar-refractivity contribution in [1.82, 2.24) is 4.98 Å². The zero-order chi connectivity index (χ0) is 15.7. The zero-order valence-electron chi connectivity index (χ0n) is 10.2. The number of hydrogen-bond acceptors (Lipinski definition) is 2. The predicted octanol–water partition coefficient (Wildman–Crippen LogP) is 4.67. The summed E-state index contributed by atoms with van der Waals surface area (Å²) in [7, 11) is 0. The Kier molecular flexibility index (Phi) is 3.80. The fraction of sp³-hybridized carbons (Fsp3) is 0.154. The molecule has 0 saturated carbocycles. The van der Waals surface area contributed by atoms with Crippen molar-refractivity contribution in [2.45, 2.75) is 12.5 Å². The summed E-state index contributed by atoms with van der Waals surface area (Å²) in [4.78, 5) is 3.54. The first-order chi connectivity index (χ1) is 9.67. The number of halogens is 6. The highest BCUT2D eigenvalue weighted by molar-refractivity contribution is 5.67. The van der Waals surface area contributed by atoms with E-state index in [2.05, 4.69) is 9.72 Å². The van der Waals surface area contributed by atoms with Crippen LogP contribution < -0.4 is 4.74 Å². The van der Waals surface area contributed by atoms with Crippen LogP contribution >= 0.6 is 0 Å². The van der Waals surface area contributed by atoms with E-state index in [9.17, 15) is 26.3 Å². The molecule has 0 aliphatic rings. The molecule has 0 atom stereocenters. The first-order valence-corrected chi connectivity index (χ1v) is 5.55. The Morgan fingerprint density at radius 2 is 1.52 bits per heavy atom. The van der Waals surface area contributed by atoms with Crippen molar-refractivity contribution in [3.05, 3.63) is 48.2 Å². The number of ether oxygens (including phenoxy) is 1. The molecule has 0 N–H and O–H groups in total. The average molecular weight is 307 g/mol. The Labute approximate surface area is 115 Å². The van der Waals surface area contributed by atoms with Crippen molar-refractivity contribution < 1.29 is 31.1 Å². The third kappa shape index (κ3) is 3.87. The van der Waals surface area contributed by atoms with E-state index in [1.54, 1.807) is 0 Å². The van der Waals surface area contributed by atoms with Gasteiger partial charge in [-0.25, -0.2) is 0 Å². The molecule has 8 heteroatoms. The van der Waals surface area contributed by atoms with E-state index < -0.39 is 23.9 Å². The molecule has 2 nitrogen and oxygen atoms in total. The molecule has 0 amide bonds. The molecule has 1 heterocycles. The summed E-state index contributed by atoms with van der Waals surface area (Å²) in [5.74, 6) is -0.530. The largest absolute Gasteiger partial charge is 0.573 e. The maximum Gasteiger partial charge on any atom is 0.573 e. The SMILES string of the molecule is FC(F)(F)Oc1ccccc1-c1ccc(C(F)(F)F)cn1. The number of para-hydroxylation sites is 1. The molecule has 0 radical (unpaired) electrons. The minimum Gasteiger partial charge on any atom is -0.405 e. The molecule has 0 aliphatic carbocycles. The highest BCUT2D eigenvalue weighted by Gasteiger charge is 2.33. The van der Waals surface area contributed by atoms with Gasteiger partial charge < -0.3 is 4.74 Å². The van der Waals surface area contributed by atoms with Gasteiger partial charge in [0.05, 0.1) is 11.3 Å². The van der Waals surface area contributed by atoms with Gasteiger partial charge in [0.15, 0.2) is 0 Å². The number of rotatable bonds is 2. The molecule has 21 heavy (non-hydrogen) atoms. The van der Waals surface area contributed by atoms with E-state index in [1.807, 2.05) is 0 Å². The molecule has 0 saturated heterocycles. The third-order valence-electron chi connectivity index (χ3n) is 2.48. The molecule has 1 aromatic carbocycles. The van der Waals surface area contributed by atoms with Crippen LogP contribution in [-0.2, 0) is 6.18 Å².